The van der Waals surface area contributed by atoms with Gasteiger partial charge in [0.05, 0.1) is 11.9 Å². The summed E-state index contributed by atoms with van der Waals surface area (Å²) in [5, 5.41) is 4.05. The summed E-state index contributed by atoms with van der Waals surface area (Å²) in [5.41, 5.74) is 4.63. The van der Waals surface area contributed by atoms with Gasteiger partial charge in [-0.1, -0.05) is 12.1 Å². The van der Waals surface area contributed by atoms with Crippen molar-refractivity contribution in [3.8, 4) is 0 Å². The molecule has 16 heavy (non-hydrogen) atoms. The standard InChI is InChI=1S/C12H12N4/c1-10-5-4-6-11(15-10)9-14-16-12-7-2-3-8-13-12/h2-9H,1H3,(H,13,16)/b14-9+. The topological polar surface area (TPSA) is 50.2 Å². The smallest absolute Gasteiger partial charge is 0.146 e. The monoisotopic (exact) mass is 212 g/mol. The van der Waals surface area contributed by atoms with Gasteiger partial charge in [0.25, 0.3) is 0 Å². The van der Waals surface area contributed by atoms with E-state index in [1.54, 1.807) is 12.4 Å². The normalized spacial score (nSPS) is 10.6. The lowest BCUT2D eigenvalue weighted by molar-refractivity contribution is 1.17. The Kier molecular flexibility index (Phi) is 3.23. The fraction of sp³-hybridized carbons (Fsp3) is 0.0833. The summed E-state index contributed by atoms with van der Waals surface area (Å²) < 4.78 is 0. The predicted molar refractivity (Wildman–Crippen MR) is 64.4 cm³/mol. The predicted octanol–water partition coefficient (Wildman–Crippen LogP) is 2.23. The van der Waals surface area contributed by atoms with Gasteiger partial charge in [-0.15, -0.1) is 0 Å². The number of anilines is 1. The Bertz CT molecular complexity index is 479. The maximum atomic E-state index is 4.29. The molecule has 0 spiro atoms. The van der Waals surface area contributed by atoms with Crippen LogP contribution in [0.2, 0.25) is 0 Å². The minimum Gasteiger partial charge on any atom is -0.261 e. The number of hydrazone groups is 1. The van der Waals surface area contributed by atoms with Crippen molar-refractivity contribution in [2.45, 2.75) is 6.92 Å². The molecule has 0 radical (unpaired) electrons. The highest BCUT2D eigenvalue weighted by atomic mass is 15.3. The van der Waals surface area contributed by atoms with Crippen LogP contribution in [-0.4, -0.2) is 16.2 Å². The van der Waals surface area contributed by atoms with Gasteiger partial charge in [-0.05, 0) is 31.2 Å². The van der Waals surface area contributed by atoms with Crippen LogP contribution in [0.25, 0.3) is 0 Å². The molecule has 2 rings (SSSR count). The van der Waals surface area contributed by atoms with Crippen LogP contribution in [0.15, 0.2) is 47.7 Å². The number of hydrogen-bond donors (Lipinski definition) is 1. The van der Waals surface area contributed by atoms with E-state index in [0.717, 1.165) is 11.4 Å². The molecule has 0 aromatic carbocycles. The molecule has 0 saturated heterocycles. The molecule has 0 aliphatic heterocycles. The van der Waals surface area contributed by atoms with Crippen molar-refractivity contribution < 1.29 is 0 Å². The number of aromatic nitrogens is 2. The van der Waals surface area contributed by atoms with E-state index in [1.807, 2.05) is 43.3 Å². The average molecular weight is 212 g/mol. The first-order valence-electron chi connectivity index (χ1n) is 4.98. The zero-order chi connectivity index (χ0) is 11.2. The van der Waals surface area contributed by atoms with E-state index in [0.29, 0.717) is 5.82 Å². The van der Waals surface area contributed by atoms with Crippen molar-refractivity contribution >= 4 is 12.0 Å². The summed E-state index contributed by atoms with van der Waals surface area (Å²) >= 11 is 0. The van der Waals surface area contributed by atoms with Crippen LogP contribution in [0.5, 0.6) is 0 Å². The van der Waals surface area contributed by atoms with Gasteiger partial charge in [-0.2, -0.15) is 5.10 Å². The van der Waals surface area contributed by atoms with Crippen LogP contribution >= 0.6 is 0 Å². The molecule has 4 nitrogen and oxygen atoms in total. The maximum Gasteiger partial charge on any atom is 0.146 e. The second-order valence-corrected chi connectivity index (χ2v) is 3.29. The van der Waals surface area contributed by atoms with Crippen LogP contribution in [0.4, 0.5) is 5.82 Å². The molecule has 0 aliphatic carbocycles. The molecule has 0 bridgehead atoms. The Balaban J connectivity index is 2.00. The van der Waals surface area contributed by atoms with E-state index in [2.05, 4.69) is 20.5 Å². The van der Waals surface area contributed by atoms with Crippen molar-refractivity contribution in [2.24, 2.45) is 5.10 Å². The molecule has 0 aliphatic rings. The maximum absolute atomic E-state index is 4.29. The van der Waals surface area contributed by atoms with Crippen molar-refractivity contribution in [1.29, 1.82) is 0 Å². The summed E-state index contributed by atoms with van der Waals surface area (Å²) in [7, 11) is 0. The first kappa shape index (κ1) is 10.3. The Morgan fingerprint density at radius 1 is 1.19 bits per heavy atom. The average Bonchev–Trinajstić information content (AvgIpc) is 2.30. The Morgan fingerprint density at radius 3 is 2.88 bits per heavy atom. The highest BCUT2D eigenvalue weighted by molar-refractivity contribution is 5.77. The van der Waals surface area contributed by atoms with Gasteiger partial charge >= 0.3 is 0 Å². The molecule has 0 atom stereocenters. The minimum absolute atomic E-state index is 0.714. The third-order valence-electron chi connectivity index (χ3n) is 1.95. The number of hydrogen-bond acceptors (Lipinski definition) is 4. The van der Waals surface area contributed by atoms with Crippen molar-refractivity contribution in [1.82, 2.24) is 9.97 Å². The van der Waals surface area contributed by atoms with Crippen LogP contribution in [0.3, 0.4) is 0 Å². The lowest BCUT2D eigenvalue weighted by Crippen LogP contribution is -1.94. The number of pyridine rings is 2. The quantitative estimate of drug-likeness (QED) is 0.627. The zero-order valence-electron chi connectivity index (χ0n) is 8.96. The van der Waals surface area contributed by atoms with Gasteiger partial charge in [-0.3, -0.25) is 10.4 Å². The van der Waals surface area contributed by atoms with Crippen molar-refractivity contribution in [2.75, 3.05) is 5.43 Å². The summed E-state index contributed by atoms with van der Waals surface area (Å²) in [5.74, 6) is 0.714. The van der Waals surface area contributed by atoms with Crippen molar-refractivity contribution in [3.05, 3.63) is 54.0 Å². The van der Waals surface area contributed by atoms with E-state index in [4.69, 9.17) is 0 Å². The first-order chi connectivity index (χ1) is 7.84. The molecule has 2 aromatic heterocycles. The molecule has 2 aromatic rings. The summed E-state index contributed by atoms with van der Waals surface area (Å²) in [6.07, 6.45) is 3.38. The molecule has 2 heterocycles. The van der Waals surface area contributed by atoms with Crippen LogP contribution in [0, 0.1) is 6.92 Å². The van der Waals surface area contributed by atoms with E-state index in [-0.39, 0.29) is 0 Å². The number of aryl methyl sites for hydroxylation is 1. The van der Waals surface area contributed by atoms with Crippen LogP contribution in [-0.2, 0) is 0 Å². The number of rotatable bonds is 3. The van der Waals surface area contributed by atoms with Gasteiger partial charge in [0.15, 0.2) is 0 Å². The third-order valence-corrected chi connectivity index (χ3v) is 1.95. The van der Waals surface area contributed by atoms with Crippen LogP contribution in [0.1, 0.15) is 11.4 Å². The molecular weight excluding hydrogens is 200 g/mol. The fourth-order valence-electron chi connectivity index (χ4n) is 1.23. The van der Waals surface area contributed by atoms with Gasteiger partial charge in [0, 0.05) is 11.9 Å². The SMILES string of the molecule is Cc1cccc(/C=N/Nc2ccccn2)n1. The van der Waals surface area contributed by atoms with E-state index in [9.17, 15) is 0 Å². The lowest BCUT2D eigenvalue weighted by atomic mass is 10.3. The molecule has 1 N–H and O–H groups in total. The summed E-state index contributed by atoms with van der Waals surface area (Å²) in [6.45, 7) is 1.95. The Morgan fingerprint density at radius 2 is 2.12 bits per heavy atom. The van der Waals surface area contributed by atoms with E-state index >= 15 is 0 Å². The molecule has 0 saturated carbocycles. The van der Waals surface area contributed by atoms with Gasteiger partial charge in [0.1, 0.15) is 5.82 Å². The van der Waals surface area contributed by atoms with Gasteiger partial charge in [-0.25, -0.2) is 4.98 Å². The number of nitrogens with one attached hydrogen (secondary N) is 1. The highest BCUT2D eigenvalue weighted by Gasteiger charge is 1.90. The minimum atomic E-state index is 0.714. The fourth-order valence-corrected chi connectivity index (χ4v) is 1.23. The third kappa shape index (κ3) is 2.88. The molecule has 4 heteroatoms. The van der Waals surface area contributed by atoms with Gasteiger partial charge < -0.3 is 0 Å². The molecule has 0 fully saturated rings. The van der Waals surface area contributed by atoms with Gasteiger partial charge in [0.2, 0.25) is 0 Å². The highest BCUT2D eigenvalue weighted by Crippen LogP contribution is 1.99. The van der Waals surface area contributed by atoms with E-state index < -0.39 is 0 Å². The van der Waals surface area contributed by atoms with Crippen LogP contribution < -0.4 is 5.43 Å². The summed E-state index contributed by atoms with van der Waals surface area (Å²) in [6, 6.07) is 11.4. The van der Waals surface area contributed by atoms with Crippen molar-refractivity contribution in [3.63, 3.8) is 0 Å². The number of nitrogens with zero attached hydrogens (tertiary/aromatic N) is 3. The molecule has 0 unspecified atom stereocenters. The second kappa shape index (κ2) is 5.02. The first-order valence-corrected chi connectivity index (χ1v) is 4.98. The van der Waals surface area contributed by atoms with E-state index in [1.165, 1.54) is 0 Å². The lowest BCUT2D eigenvalue weighted by Gasteiger charge is -1.97. The largest absolute Gasteiger partial charge is 0.261 e. The zero-order valence-corrected chi connectivity index (χ0v) is 8.96. The Hall–Kier alpha value is -2.23. The molecule has 80 valence electrons. The summed E-state index contributed by atoms with van der Waals surface area (Å²) in [4.78, 5) is 8.38. The molecule has 0 amide bonds. The second-order valence-electron chi connectivity index (χ2n) is 3.29. The molecular formula is C12H12N4. The Labute approximate surface area is 94.1 Å².